The zero-order valence-corrected chi connectivity index (χ0v) is 22.6. The lowest BCUT2D eigenvalue weighted by Gasteiger charge is -2.22. The highest BCUT2D eigenvalue weighted by Crippen LogP contribution is 2.05. The van der Waals surface area contributed by atoms with E-state index >= 15 is 0 Å². The predicted molar refractivity (Wildman–Crippen MR) is 140 cm³/mol. The molecular formula is C26H38N4O9. The third-order valence-electron chi connectivity index (χ3n) is 4.99. The summed E-state index contributed by atoms with van der Waals surface area (Å²) < 4.78 is 0. The molecule has 1 aromatic carbocycles. The van der Waals surface area contributed by atoms with Crippen molar-refractivity contribution in [1.82, 2.24) is 21.3 Å². The van der Waals surface area contributed by atoms with Crippen LogP contribution >= 0.6 is 0 Å². The van der Waals surface area contributed by atoms with Crippen LogP contribution < -0.4 is 21.3 Å². The molecule has 0 saturated heterocycles. The van der Waals surface area contributed by atoms with Gasteiger partial charge in [-0.15, -0.1) is 0 Å². The van der Waals surface area contributed by atoms with E-state index in [0.717, 1.165) is 25.8 Å². The minimum atomic E-state index is -1.34. The van der Waals surface area contributed by atoms with E-state index in [-0.39, 0.29) is 18.2 Å². The van der Waals surface area contributed by atoms with Crippen LogP contribution in [-0.2, 0) is 40.0 Å². The Balaban J connectivity index is 0.00000336. The summed E-state index contributed by atoms with van der Waals surface area (Å²) in [6.45, 7) is 4.96. The van der Waals surface area contributed by atoms with Crippen LogP contribution in [0.1, 0.15) is 52.5 Å². The van der Waals surface area contributed by atoms with Gasteiger partial charge in [0.15, 0.2) is 5.78 Å². The lowest BCUT2D eigenvalue weighted by Crippen LogP contribution is -2.54. The summed E-state index contributed by atoms with van der Waals surface area (Å²) in [5.74, 6) is -5.21. The van der Waals surface area contributed by atoms with Crippen LogP contribution in [0.3, 0.4) is 0 Å². The van der Waals surface area contributed by atoms with E-state index < -0.39 is 60.6 Å². The highest BCUT2D eigenvalue weighted by molar-refractivity contribution is 5.94. The van der Waals surface area contributed by atoms with Crippen molar-refractivity contribution in [1.29, 1.82) is 0 Å². The summed E-state index contributed by atoms with van der Waals surface area (Å²) >= 11 is 0. The van der Waals surface area contributed by atoms with Gasteiger partial charge in [0.05, 0.1) is 19.5 Å². The SMILES string of the molecule is CC(=O)N[C@@H](CC(=O)O)C(=O)NCC(=O)NC(C(=O)NCC(=O)CCCc1ccccc1)C(C)C.CC(=O)O. The van der Waals surface area contributed by atoms with Crippen LogP contribution in [0.5, 0.6) is 0 Å². The molecule has 0 spiro atoms. The van der Waals surface area contributed by atoms with Crippen molar-refractivity contribution in [2.24, 2.45) is 5.92 Å². The number of nitrogens with one attached hydrogen (secondary N) is 4. The Bertz CT molecular complexity index is 976. The summed E-state index contributed by atoms with van der Waals surface area (Å²) in [5, 5.41) is 25.8. The number of carbonyl (C=O) groups excluding carboxylic acids is 5. The maximum Gasteiger partial charge on any atom is 0.305 e. The minimum absolute atomic E-state index is 0.127. The topological polar surface area (TPSA) is 208 Å². The van der Waals surface area contributed by atoms with Crippen LogP contribution in [-0.4, -0.2) is 76.7 Å². The number of Topliss-reactive ketones (excluding diaryl/α,β-unsaturated/α-hetero) is 1. The van der Waals surface area contributed by atoms with Crippen LogP contribution in [0, 0.1) is 5.92 Å². The van der Waals surface area contributed by atoms with Gasteiger partial charge in [-0.25, -0.2) is 0 Å². The fraction of sp³-hybridized carbons (Fsp3) is 0.500. The minimum Gasteiger partial charge on any atom is -0.481 e. The van der Waals surface area contributed by atoms with Gasteiger partial charge in [0.25, 0.3) is 5.97 Å². The van der Waals surface area contributed by atoms with Gasteiger partial charge in [-0.05, 0) is 24.3 Å². The number of carboxylic acid groups (broad SMARTS) is 2. The maximum atomic E-state index is 12.5. The number of hydrogen-bond acceptors (Lipinski definition) is 7. The Kier molecular flexibility index (Phi) is 16.8. The molecule has 1 rings (SSSR count). The number of carboxylic acids is 2. The van der Waals surface area contributed by atoms with Gasteiger partial charge in [-0.1, -0.05) is 44.2 Å². The Labute approximate surface area is 227 Å². The molecule has 0 aromatic heterocycles. The molecule has 0 aliphatic carbocycles. The molecule has 2 atom stereocenters. The number of aryl methyl sites for hydroxylation is 1. The van der Waals surface area contributed by atoms with Crippen LogP contribution in [0.2, 0.25) is 0 Å². The van der Waals surface area contributed by atoms with E-state index in [2.05, 4.69) is 21.3 Å². The number of carbonyl (C=O) groups is 7. The third kappa shape index (κ3) is 17.7. The van der Waals surface area contributed by atoms with Gasteiger partial charge in [0.2, 0.25) is 23.6 Å². The Morgan fingerprint density at radius 2 is 1.38 bits per heavy atom. The van der Waals surface area contributed by atoms with E-state index in [1.807, 2.05) is 30.3 Å². The van der Waals surface area contributed by atoms with Crippen molar-refractivity contribution in [3.8, 4) is 0 Å². The predicted octanol–water partition coefficient (Wildman–Crippen LogP) is 0.0219. The van der Waals surface area contributed by atoms with E-state index in [4.69, 9.17) is 15.0 Å². The third-order valence-corrected chi connectivity index (χ3v) is 4.99. The fourth-order valence-corrected chi connectivity index (χ4v) is 3.20. The lowest BCUT2D eigenvalue weighted by atomic mass is 10.0. The van der Waals surface area contributed by atoms with Gasteiger partial charge < -0.3 is 31.5 Å². The van der Waals surface area contributed by atoms with Crippen molar-refractivity contribution in [3.05, 3.63) is 35.9 Å². The average molecular weight is 551 g/mol. The molecule has 13 nitrogen and oxygen atoms in total. The number of benzene rings is 1. The van der Waals surface area contributed by atoms with Gasteiger partial charge in [0.1, 0.15) is 12.1 Å². The molecular weight excluding hydrogens is 512 g/mol. The van der Waals surface area contributed by atoms with Crippen molar-refractivity contribution < 1.29 is 43.8 Å². The quantitative estimate of drug-likeness (QED) is 0.174. The molecule has 216 valence electrons. The number of rotatable bonds is 15. The summed E-state index contributed by atoms with van der Waals surface area (Å²) in [7, 11) is 0. The Hall–Kier alpha value is -4.29. The average Bonchev–Trinajstić information content (AvgIpc) is 2.83. The Morgan fingerprint density at radius 3 is 1.90 bits per heavy atom. The summed E-state index contributed by atoms with van der Waals surface area (Å²) in [5.41, 5.74) is 1.13. The molecule has 1 aromatic rings. The molecule has 0 aliphatic rings. The number of amides is 4. The maximum absolute atomic E-state index is 12.5. The van der Waals surface area contributed by atoms with Crippen molar-refractivity contribution in [2.75, 3.05) is 13.1 Å². The van der Waals surface area contributed by atoms with Crippen molar-refractivity contribution >= 4 is 41.4 Å². The standard InChI is InChI=1S/C24H34N4O7.C2H4O2/c1-15(2)22(24(35)25-13-18(30)11-7-10-17-8-5-4-6-9-17)28-20(31)14-26-23(34)19(12-21(32)33)27-16(3)29;1-2(3)4/h4-6,8-9,15,19,22H,7,10-14H2,1-3H3,(H,25,35)(H,26,34)(H,27,29)(H,28,31)(H,32,33);1H3,(H,3,4)/t19-,22?;/m0./s1. The highest BCUT2D eigenvalue weighted by atomic mass is 16.4. The van der Waals surface area contributed by atoms with Crippen molar-refractivity contribution in [2.45, 2.75) is 65.5 Å². The second kappa shape index (κ2) is 18.9. The monoisotopic (exact) mass is 550 g/mol. The second-order valence-electron chi connectivity index (χ2n) is 8.97. The normalized spacial score (nSPS) is 11.6. The van der Waals surface area contributed by atoms with Gasteiger partial charge in [-0.2, -0.15) is 0 Å². The van der Waals surface area contributed by atoms with E-state index in [1.54, 1.807) is 13.8 Å². The molecule has 0 fully saturated rings. The van der Waals surface area contributed by atoms with E-state index in [1.165, 1.54) is 0 Å². The molecule has 0 saturated carbocycles. The van der Waals surface area contributed by atoms with E-state index in [9.17, 15) is 28.8 Å². The first-order valence-electron chi connectivity index (χ1n) is 12.3. The van der Waals surface area contributed by atoms with Gasteiger partial charge >= 0.3 is 5.97 Å². The highest BCUT2D eigenvalue weighted by Gasteiger charge is 2.26. The Morgan fingerprint density at radius 1 is 0.821 bits per heavy atom. The first-order valence-corrected chi connectivity index (χ1v) is 12.3. The van der Waals surface area contributed by atoms with Gasteiger partial charge in [0, 0.05) is 20.3 Å². The van der Waals surface area contributed by atoms with E-state index in [0.29, 0.717) is 12.8 Å². The molecule has 0 aliphatic heterocycles. The fourth-order valence-electron chi connectivity index (χ4n) is 3.20. The number of ketones is 1. The molecule has 13 heteroatoms. The zero-order valence-electron chi connectivity index (χ0n) is 22.6. The summed E-state index contributed by atoms with van der Waals surface area (Å²) in [6.07, 6.45) is 1.07. The first-order chi connectivity index (χ1) is 18.2. The van der Waals surface area contributed by atoms with Crippen molar-refractivity contribution in [3.63, 3.8) is 0 Å². The summed E-state index contributed by atoms with van der Waals surface area (Å²) in [6, 6.07) is 7.47. The zero-order chi connectivity index (χ0) is 30.0. The molecule has 0 radical (unpaired) electrons. The van der Waals surface area contributed by atoms with Gasteiger partial charge in [-0.3, -0.25) is 33.6 Å². The second-order valence-corrected chi connectivity index (χ2v) is 8.97. The molecule has 4 amide bonds. The van der Waals surface area contributed by atoms with Crippen LogP contribution in [0.4, 0.5) is 0 Å². The number of aliphatic carboxylic acids is 2. The summed E-state index contributed by atoms with van der Waals surface area (Å²) in [4.78, 5) is 80.1. The molecule has 1 unspecified atom stereocenters. The van der Waals surface area contributed by atoms with Crippen LogP contribution in [0.15, 0.2) is 30.3 Å². The molecule has 6 N–H and O–H groups in total. The molecule has 0 bridgehead atoms. The first kappa shape index (κ1) is 34.7. The molecule has 0 heterocycles. The largest absolute Gasteiger partial charge is 0.481 e. The smallest absolute Gasteiger partial charge is 0.305 e. The number of hydrogen-bond donors (Lipinski definition) is 6. The molecule has 39 heavy (non-hydrogen) atoms. The lowest BCUT2D eigenvalue weighted by molar-refractivity contribution is -0.140. The van der Waals surface area contributed by atoms with Crippen LogP contribution in [0.25, 0.3) is 0 Å².